The van der Waals surface area contributed by atoms with Gasteiger partial charge < -0.3 is 5.73 Å². The summed E-state index contributed by atoms with van der Waals surface area (Å²) in [6.07, 6.45) is 7.63. The summed E-state index contributed by atoms with van der Waals surface area (Å²) in [4.78, 5) is 0.438. The molecule has 2 rings (SSSR count). The Morgan fingerprint density at radius 3 is 2.38 bits per heavy atom. The lowest BCUT2D eigenvalue weighted by Crippen LogP contribution is -2.35. The quantitative estimate of drug-likeness (QED) is 0.835. The summed E-state index contributed by atoms with van der Waals surface area (Å²) in [5, 5.41) is 0. The van der Waals surface area contributed by atoms with E-state index in [1.807, 2.05) is 0 Å². The lowest BCUT2D eigenvalue weighted by Gasteiger charge is -2.21. The second kappa shape index (κ2) is 7.33. The van der Waals surface area contributed by atoms with Crippen LogP contribution in [0.5, 0.6) is 0 Å². The zero-order valence-corrected chi connectivity index (χ0v) is 13.7. The molecule has 0 atom stereocenters. The predicted molar refractivity (Wildman–Crippen MR) is 88.8 cm³/mol. The van der Waals surface area contributed by atoms with Crippen molar-refractivity contribution in [3.8, 4) is 0 Å². The molecule has 0 radical (unpaired) electrons. The van der Waals surface area contributed by atoms with Gasteiger partial charge in [0.2, 0.25) is 10.0 Å². The van der Waals surface area contributed by atoms with Crippen LogP contribution in [0.15, 0.2) is 29.2 Å². The van der Waals surface area contributed by atoms with E-state index in [0.717, 1.165) is 25.7 Å². The topological polar surface area (TPSA) is 72.2 Å². The second-order valence-electron chi connectivity index (χ2n) is 5.56. The maximum atomic E-state index is 12.5. The molecule has 1 aliphatic rings. The molecular formula is C15H22N2O2S2. The van der Waals surface area contributed by atoms with Gasteiger partial charge in [-0.05, 0) is 25.0 Å². The van der Waals surface area contributed by atoms with Crippen LogP contribution in [0.1, 0.15) is 50.5 Å². The van der Waals surface area contributed by atoms with Gasteiger partial charge in [-0.3, -0.25) is 0 Å². The summed E-state index contributed by atoms with van der Waals surface area (Å²) in [7, 11) is -3.51. The van der Waals surface area contributed by atoms with Crippen molar-refractivity contribution in [1.29, 1.82) is 0 Å². The van der Waals surface area contributed by atoms with E-state index in [0.29, 0.717) is 5.56 Å². The molecule has 0 spiro atoms. The predicted octanol–water partition coefficient (Wildman–Crippen LogP) is 2.71. The van der Waals surface area contributed by atoms with E-state index in [-0.39, 0.29) is 15.9 Å². The molecular weight excluding hydrogens is 304 g/mol. The summed E-state index contributed by atoms with van der Waals surface area (Å²) in [6.45, 7) is 0. The molecule has 0 bridgehead atoms. The highest BCUT2D eigenvalue weighted by Crippen LogP contribution is 2.19. The zero-order valence-electron chi connectivity index (χ0n) is 12.0. The fraction of sp³-hybridized carbons (Fsp3) is 0.533. The van der Waals surface area contributed by atoms with E-state index < -0.39 is 10.0 Å². The molecule has 0 amide bonds. The van der Waals surface area contributed by atoms with Gasteiger partial charge in [0.15, 0.2) is 0 Å². The third-order valence-corrected chi connectivity index (χ3v) is 5.61. The van der Waals surface area contributed by atoms with Crippen LogP contribution in [0.4, 0.5) is 0 Å². The van der Waals surface area contributed by atoms with Crippen molar-refractivity contribution in [2.24, 2.45) is 5.73 Å². The minimum absolute atomic E-state index is 0.0313. The van der Waals surface area contributed by atoms with Crippen molar-refractivity contribution >= 4 is 27.2 Å². The Morgan fingerprint density at radius 2 is 1.76 bits per heavy atom. The van der Waals surface area contributed by atoms with Crippen LogP contribution in [-0.2, 0) is 10.0 Å². The summed E-state index contributed by atoms with van der Waals surface area (Å²) in [5.41, 5.74) is 6.14. The standard InChI is InChI=1S/C15H22N2O2S2/c16-15(20)12-7-6-10-14(11-12)21(18,19)17-13-8-4-2-1-3-5-9-13/h6-7,10-11,13,17H,1-5,8-9H2,(H2,16,20). The van der Waals surface area contributed by atoms with Gasteiger partial charge in [-0.15, -0.1) is 0 Å². The first-order chi connectivity index (χ1) is 9.99. The number of thiocarbonyl (C=S) groups is 1. The number of nitrogens with one attached hydrogen (secondary N) is 1. The van der Waals surface area contributed by atoms with Crippen LogP contribution in [0.25, 0.3) is 0 Å². The summed E-state index contributed by atoms with van der Waals surface area (Å²) in [5.74, 6) is 0. The van der Waals surface area contributed by atoms with Crippen LogP contribution in [-0.4, -0.2) is 19.4 Å². The van der Waals surface area contributed by atoms with Gasteiger partial charge in [-0.1, -0.05) is 56.5 Å². The average molecular weight is 326 g/mol. The van der Waals surface area contributed by atoms with Crippen molar-refractivity contribution in [1.82, 2.24) is 4.72 Å². The molecule has 0 unspecified atom stereocenters. The van der Waals surface area contributed by atoms with Crippen molar-refractivity contribution in [3.05, 3.63) is 29.8 Å². The highest BCUT2D eigenvalue weighted by Gasteiger charge is 2.21. The fourth-order valence-electron chi connectivity index (χ4n) is 2.68. The minimum Gasteiger partial charge on any atom is -0.389 e. The lowest BCUT2D eigenvalue weighted by molar-refractivity contribution is 0.426. The molecule has 1 aromatic carbocycles. The first-order valence-electron chi connectivity index (χ1n) is 7.41. The number of hydrogen-bond acceptors (Lipinski definition) is 3. The summed E-state index contributed by atoms with van der Waals surface area (Å²) in [6, 6.07) is 6.53. The maximum absolute atomic E-state index is 12.5. The number of rotatable bonds is 4. The molecule has 6 heteroatoms. The molecule has 1 aliphatic carbocycles. The van der Waals surface area contributed by atoms with E-state index in [1.165, 1.54) is 25.3 Å². The highest BCUT2D eigenvalue weighted by atomic mass is 32.2. The Hall–Kier alpha value is -0.980. The first-order valence-corrected chi connectivity index (χ1v) is 9.30. The highest BCUT2D eigenvalue weighted by molar-refractivity contribution is 7.89. The van der Waals surface area contributed by atoms with E-state index in [4.69, 9.17) is 18.0 Å². The van der Waals surface area contributed by atoms with Gasteiger partial charge in [0.1, 0.15) is 4.99 Å². The molecule has 1 aromatic rings. The largest absolute Gasteiger partial charge is 0.389 e. The number of sulfonamides is 1. The maximum Gasteiger partial charge on any atom is 0.240 e. The molecule has 0 heterocycles. The van der Waals surface area contributed by atoms with E-state index in [2.05, 4.69) is 4.72 Å². The molecule has 3 N–H and O–H groups in total. The summed E-state index contributed by atoms with van der Waals surface area (Å²) >= 11 is 4.90. The zero-order chi connectivity index (χ0) is 15.3. The van der Waals surface area contributed by atoms with Crippen molar-refractivity contribution in [2.45, 2.75) is 55.9 Å². The first kappa shape index (κ1) is 16.4. The van der Waals surface area contributed by atoms with Crippen molar-refractivity contribution in [3.63, 3.8) is 0 Å². The SMILES string of the molecule is NC(=S)c1cccc(S(=O)(=O)NC2CCCCCCC2)c1. The van der Waals surface area contributed by atoms with Crippen LogP contribution in [0.3, 0.4) is 0 Å². The van der Waals surface area contributed by atoms with E-state index in [9.17, 15) is 8.42 Å². The van der Waals surface area contributed by atoms with Gasteiger partial charge in [-0.2, -0.15) is 0 Å². The molecule has 21 heavy (non-hydrogen) atoms. The number of hydrogen-bond donors (Lipinski definition) is 2. The molecule has 0 aromatic heterocycles. The van der Waals surface area contributed by atoms with Crippen LogP contribution in [0.2, 0.25) is 0 Å². The van der Waals surface area contributed by atoms with Crippen molar-refractivity contribution in [2.75, 3.05) is 0 Å². The average Bonchev–Trinajstić information content (AvgIpc) is 2.42. The Labute approximate surface area is 132 Å². The number of benzene rings is 1. The third kappa shape index (κ3) is 4.76. The number of nitrogens with two attached hydrogens (primary N) is 1. The molecule has 1 fully saturated rings. The van der Waals surface area contributed by atoms with Crippen LogP contribution < -0.4 is 10.5 Å². The van der Waals surface area contributed by atoms with Gasteiger partial charge >= 0.3 is 0 Å². The fourth-order valence-corrected chi connectivity index (χ4v) is 4.16. The molecule has 116 valence electrons. The van der Waals surface area contributed by atoms with E-state index >= 15 is 0 Å². The lowest BCUT2D eigenvalue weighted by atomic mass is 9.97. The van der Waals surface area contributed by atoms with E-state index in [1.54, 1.807) is 18.2 Å². The van der Waals surface area contributed by atoms with Crippen LogP contribution >= 0.6 is 12.2 Å². The van der Waals surface area contributed by atoms with Crippen LogP contribution in [0, 0.1) is 0 Å². The van der Waals surface area contributed by atoms with Crippen molar-refractivity contribution < 1.29 is 8.42 Å². The summed E-state index contributed by atoms with van der Waals surface area (Å²) < 4.78 is 27.8. The molecule has 0 saturated heterocycles. The monoisotopic (exact) mass is 326 g/mol. The molecule has 4 nitrogen and oxygen atoms in total. The second-order valence-corrected chi connectivity index (χ2v) is 7.71. The molecule has 0 aliphatic heterocycles. The molecule has 1 saturated carbocycles. The van der Waals surface area contributed by atoms with Gasteiger partial charge in [0.25, 0.3) is 0 Å². The normalized spacial score (nSPS) is 17.9. The van der Waals surface area contributed by atoms with Gasteiger partial charge in [0.05, 0.1) is 4.90 Å². The van der Waals surface area contributed by atoms with Gasteiger partial charge in [0, 0.05) is 11.6 Å². The smallest absolute Gasteiger partial charge is 0.240 e. The minimum atomic E-state index is -3.51. The Kier molecular flexibility index (Phi) is 5.72. The third-order valence-electron chi connectivity index (χ3n) is 3.86. The Bertz CT molecular complexity index is 591. The van der Waals surface area contributed by atoms with Gasteiger partial charge in [-0.25, -0.2) is 13.1 Å². The Morgan fingerprint density at radius 1 is 1.14 bits per heavy atom. The Balaban J connectivity index is 2.13.